The van der Waals surface area contributed by atoms with Crippen LogP contribution in [0.3, 0.4) is 0 Å². The van der Waals surface area contributed by atoms with Gasteiger partial charge < -0.3 is 15.0 Å². The third kappa shape index (κ3) is 2.94. The van der Waals surface area contributed by atoms with Crippen molar-refractivity contribution >= 4 is 34.2 Å². The van der Waals surface area contributed by atoms with Crippen molar-refractivity contribution in [3.05, 3.63) is 35.4 Å². The van der Waals surface area contributed by atoms with Crippen molar-refractivity contribution < 1.29 is 9.53 Å². The minimum absolute atomic E-state index is 0.104. The Morgan fingerprint density at radius 3 is 3.10 bits per heavy atom. The number of aromatic nitrogens is 1. The molecule has 0 saturated carbocycles. The summed E-state index contributed by atoms with van der Waals surface area (Å²) in [4.78, 5) is 18.4. The minimum Gasteiger partial charge on any atom is -0.365 e. The largest absolute Gasteiger partial charge is 0.365 e. The molecule has 0 radical (unpaired) electrons. The van der Waals surface area contributed by atoms with Crippen LogP contribution in [0.2, 0.25) is 5.02 Å². The fourth-order valence-electron chi connectivity index (χ4n) is 2.44. The van der Waals surface area contributed by atoms with Gasteiger partial charge in [0.15, 0.2) is 6.10 Å². The van der Waals surface area contributed by atoms with E-state index in [4.69, 9.17) is 16.3 Å². The number of carbonyl (C=O) groups is 1. The molecule has 0 bridgehead atoms. The van der Waals surface area contributed by atoms with Crippen molar-refractivity contribution in [2.45, 2.75) is 6.10 Å². The number of hydrogen-bond donors (Lipinski definition) is 1. The van der Waals surface area contributed by atoms with Crippen LogP contribution in [0.15, 0.2) is 30.3 Å². The van der Waals surface area contributed by atoms with E-state index in [1.807, 2.05) is 30.3 Å². The first kappa shape index (κ1) is 14.1. The Kier molecular flexibility index (Phi) is 3.94. The summed E-state index contributed by atoms with van der Waals surface area (Å²) in [5, 5.41) is 4.32. The average molecular weight is 306 g/mol. The van der Waals surface area contributed by atoms with E-state index < -0.39 is 6.10 Å². The molecular formula is C15H16ClN3O2. The maximum Gasteiger partial charge on any atom is 0.250 e. The second-order valence-corrected chi connectivity index (χ2v) is 5.36. The standard InChI is InChI=1S/C15H16ClN3O2/c1-17-15(20)13-9-19(6-7-21-13)14-5-2-10-8-11(16)3-4-12(10)18-14/h2-5,8,13H,6-7,9H2,1H3,(H,17,20). The number of rotatable bonds is 2. The number of nitrogens with one attached hydrogen (secondary N) is 1. The minimum atomic E-state index is -0.452. The molecule has 0 spiro atoms. The topological polar surface area (TPSA) is 54.5 Å². The number of hydrogen-bond acceptors (Lipinski definition) is 4. The summed E-state index contributed by atoms with van der Waals surface area (Å²) >= 11 is 5.98. The van der Waals surface area contributed by atoms with Gasteiger partial charge in [-0.1, -0.05) is 11.6 Å². The van der Waals surface area contributed by atoms with Crippen LogP contribution >= 0.6 is 11.6 Å². The average Bonchev–Trinajstić information content (AvgIpc) is 2.53. The molecule has 0 aliphatic carbocycles. The van der Waals surface area contributed by atoms with Gasteiger partial charge in [0.2, 0.25) is 0 Å². The molecule has 3 rings (SSSR count). The molecule has 21 heavy (non-hydrogen) atoms. The number of nitrogens with zero attached hydrogens (tertiary/aromatic N) is 2. The van der Waals surface area contributed by atoms with E-state index >= 15 is 0 Å². The van der Waals surface area contributed by atoms with E-state index in [2.05, 4.69) is 15.2 Å². The maximum atomic E-state index is 11.7. The molecule has 1 aromatic heterocycles. The molecule has 1 unspecified atom stereocenters. The SMILES string of the molecule is CNC(=O)C1CN(c2ccc3cc(Cl)ccc3n2)CCO1. The maximum absolute atomic E-state index is 11.7. The highest BCUT2D eigenvalue weighted by atomic mass is 35.5. The smallest absolute Gasteiger partial charge is 0.250 e. The van der Waals surface area contributed by atoms with Gasteiger partial charge in [-0.25, -0.2) is 4.98 Å². The van der Waals surface area contributed by atoms with Crippen molar-refractivity contribution in [2.75, 3.05) is 31.6 Å². The molecule has 1 atom stereocenters. The van der Waals surface area contributed by atoms with Gasteiger partial charge in [0.1, 0.15) is 5.82 Å². The van der Waals surface area contributed by atoms with Gasteiger partial charge in [-0.05, 0) is 30.3 Å². The van der Waals surface area contributed by atoms with E-state index in [0.717, 1.165) is 23.3 Å². The lowest BCUT2D eigenvalue weighted by atomic mass is 10.2. The zero-order valence-electron chi connectivity index (χ0n) is 11.7. The summed E-state index contributed by atoms with van der Waals surface area (Å²) in [6, 6.07) is 9.56. The number of morpholine rings is 1. The van der Waals surface area contributed by atoms with Gasteiger partial charge in [0.05, 0.1) is 18.7 Å². The Morgan fingerprint density at radius 2 is 2.29 bits per heavy atom. The Labute approximate surface area is 127 Å². The van der Waals surface area contributed by atoms with Crippen molar-refractivity contribution in [3.63, 3.8) is 0 Å². The molecule has 1 saturated heterocycles. The molecule has 110 valence electrons. The van der Waals surface area contributed by atoms with Crippen LogP contribution < -0.4 is 10.2 Å². The molecule has 1 fully saturated rings. The monoisotopic (exact) mass is 305 g/mol. The molecule has 1 N–H and O–H groups in total. The zero-order valence-corrected chi connectivity index (χ0v) is 12.4. The number of likely N-dealkylation sites (N-methyl/N-ethyl adjacent to an activating group) is 1. The van der Waals surface area contributed by atoms with Gasteiger partial charge >= 0.3 is 0 Å². The predicted molar refractivity (Wildman–Crippen MR) is 82.8 cm³/mol. The second-order valence-electron chi connectivity index (χ2n) is 4.93. The molecule has 1 aliphatic heterocycles. The van der Waals surface area contributed by atoms with Gasteiger partial charge in [-0.15, -0.1) is 0 Å². The molecule has 2 aromatic rings. The summed E-state index contributed by atoms with van der Waals surface area (Å²) in [6.45, 7) is 1.74. The second kappa shape index (κ2) is 5.87. The first-order chi connectivity index (χ1) is 10.2. The number of ether oxygens (including phenoxy) is 1. The Morgan fingerprint density at radius 1 is 1.43 bits per heavy atom. The van der Waals surface area contributed by atoms with E-state index in [0.29, 0.717) is 18.2 Å². The van der Waals surface area contributed by atoms with Crippen LogP contribution in [0.25, 0.3) is 10.9 Å². The van der Waals surface area contributed by atoms with Crippen LogP contribution in [0.5, 0.6) is 0 Å². The van der Waals surface area contributed by atoms with Crippen molar-refractivity contribution in [1.82, 2.24) is 10.3 Å². The molecule has 1 aliphatic rings. The van der Waals surface area contributed by atoms with E-state index in [1.165, 1.54) is 0 Å². The number of halogens is 1. The van der Waals surface area contributed by atoms with Crippen LogP contribution in [-0.2, 0) is 9.53 Å². The van der Waals surface area contributed by atoms with Gasteiger partial charge in [0.25, 0.3) is 5.91 Å². The summed E-state index contributed by atoms with van der Waals surface area (Å²) in [5.41, 5.74) is 0.889. The van der Waals surface area contributed by atoms with Gasteiger partial charge in [-0.3, -0.25) is 4.79 Å². The third-order valence-electron chi connectivity index (χ3n) is 3.57. The third-order valence-corrected chi connectivity index (χ3v) is 3.80. The van der Waals surface area contributed by atoms with Gasteiger partial charge in [-0.2, -0.15) is 0 Å². The highest BCUT2D eigenvalue weighted by Gasteiger charge is 2.26. The van der Waals surface area contributed by atoms with E-state index in [-0.39, 0.29) is 5.91 Å². The first-order valence-corrected chi connectivity index (χ1v) is 7.19. The summed E-state index contributed by atoms with van der Waals surface area (Å²) < 4.78 is 5.49. The first-order valence-electron chi connectivity index (χ1n) is 6.82. The van der Waals surface area contributed by atoms with Gasteiger partial charge in [0, 0.05) is 24.0 Å². The van der Waals surface area contributed by atoms with Crippen LogP contribution in [-0.4, -0.2) is 43.7 Å². The van der Waals surface area contributed by atoms with Crippen molar-refractivity contribution in [3.8, 4) is 0 Å². The summed E-state index contributed by atoms with van der Waals surface area (Å²) in [5.74, 6) is 0.745. The fraction of sp³-hybridized carbons (Fsp3) is 0.333. The number of amides is 1. The number of carbonyl (C=O) groups excluding carboxylic acids is 1. The molecule has 6 heteroatoms. The van der Waals surface area contributed by atoms with Crippen LogP contribution in [0.1, 0.15) is 0 Å². The number of anilines is 1. The highest BCUT2D eigenvalue weighted by molar-refractivity contribution is 6.31. The number of benzene rings is 1. The summed E-state index contributed by atoms with van der Waals surface area (Å²) in [7, 11) is 1.61. The quantitative estimate of drug-likeness (QED) is 0.920. The van der Waals surface area contributed by atoms with E-state index in [1.54, 1.807) is 7.05 Å². The van der Waals surface area contributed by atoms with Crippen molar-refractivity contribution in [2.24, 2.45) is 0 Å². The Balaban J connectivity index is 1.86. The van der Waals surface area contributed by atoms with Crippen LogP contribution in [0.4, 0.5) is 5.82 Å². The highest BCUT2D eigenvalue weighted by Crippen LogP contribution is 2.22. The Hall–Kier alpha value is -1.85. The number of fused-ring (bicyclic) bond motifs is 1. The molecule has 2 heterocycles. The molecule has 1 amide bonds. The number of pyridine rings is 1. The van der Waals surface area contributed by atoms with Crippen LogP contribution in [0, 0.1) is 0 Å². The van der Waals surface area contributed by atoms with E-state index in [9.17, 15) is 4.79 Å². The van der Waals surface area contributed by atoms with Crippen molar-refractivity contribution in [1.29, 1.82) is 0 Å². The fourth-order valence-corrected chi connectivity index (χ4v) is 2.62. The lowest BCUT2D eigenvalue weighted by molar-refractivity contribution is -0.132. The molecule has 5 nitrogen and oxygen atoms in total. The normalized spacial score (nSPS) is 18.8. The molecular weight excluding hydrogens is 290 g/mol. The zero-order chi connectivity index (χ0) is 14.8. The Bertz CT molecular complexity index is 677. The lowest BCUT2D eigenvalue weighted by Gasteiger charge is -2.32. The summed E-state index contributed by atoms with van der Waals surface area (Å²) in [6.07, 6.45) is -0.452. The molecule has 1 aromatic carbocycles. The predicted octanol–water partition coefficient (Wildman–Crippen LogP) is 1.84. The lowest BCUT2D eigenvalue weighted by Crippen LogP contribution is -2.49.